The minimum absolute atomic E-state index is 0.208. The molecule has 0 fully saturated rings. The lowest BCUT2D eigenvalue weighted by atomic mass is 9.95. The van der Waals surface area contributed by atoms with Crippen molar-refractivity contribution in [3.05, 3.63) is 103 Å². The van der Waals surface area contributed by atoms with Crippen LogP contribution in [0.25, 0.3) is 55.8 Å². The Morgan fingerprint density at radius 3 is 2.00 bits per heavy atom. The first-order valence-corrected chi connectivity index (χ1v) is 11.8. The molecule has 0 aliphatic rings. The molecule has 2 aromatic heterocycles. The van der Waals surface area contributed by atoms with Crippen LogP contribution in [0.5, 0.6) is 0 Å². The third-order valence-electron chi connectivity index (χ3n) is 6.17. The zero-order valence-corrected chi connectivity index (χ0v) is 20.0. The fourth-order valence-corrected chi connectivity index (χ4v) is 4.40. The minimum Gasteiger partial charge on any atom is -0.456 e. The Bertz CT molecular complexity index is 1680. The van der Waals surface area contributed by atoms with Gasteiger partial charge in [-0.25, -0.2) is 15.0 Å². The zero-order chi connectivity index (χ0) is 24.0. The maximum atomic E-state index is 6.11. The van der Waals surface area contributed by atoms with Crippen molar-refractivity contribution in [1.82, 2.24) is 15.0 Å². The predicted octanol–water partition coefficient (Wildman–Crippen LogP) is 8.07. The zero-order valence-electron chi connectivity index (χ0n) is 20.0. The molecule has 2 heterocycles. The van der Waals surface area contributed by atoms with Gasteiger partial charge in [0.1, 0.15) is 17.0 Å². The van der Waals surface area contributed by atoms with Crippen LogP contribution in [0.4, 0.5) is 0 Å². The van der Waals surface area contributed by atoms with E-state index in [1.54, 1.807) is 0 Å². The molecule has 4 heteroatoms. The fraction of sp³-hybridized carbons (Fsp3) is 0.129. The van der Waals surface area contributed by atoms with E-state index in [9.17, 15) is 0 Å². The van der Waals surface area contributed by atoms with Crippen molar-refractivity contribution < 1.29 is 4.42 Å². The normalized spacial score (nSPS) is 11.9. The monoisotopic (exact) mass is 455 g/mol. The van der Waals surface area contributed by atoms with Gasteiger partial charge in [0.2, 0.25) is 0 Å². The van der Waals surface area contributed by atoms with Gasteiger partial charge in [-0.05, 0) is 29.3 Å². The van der Waals surface area contributed by atoms with Crippen molar-refractivity contribution in [2.75, 3.05) is 0 Å². The lowest BCUT2D eigenvalue weighted by molar-refractivity contribution is 0.543. The maximum absolute atomic E-state index is 6.11. The molecule has 0 saturated carbocycles. The number of hydrogen-bond acceptors (Lipinski definition) is 4. The van der Waals surface area contributed by atoms with Gasteiger partial charge in [-0.15, -0.1) is 0 Å². The van der Waals surface area contributed by atoms with Gasteiger partial charge in [0.25, 0.3) is 0 Å². The van der Waals surface area contributed by atoms with Gasteiger partial charge in [-0.2, -0.15) is 0 Å². The van der Waals surface area contributed by atoms with E-state index in [1.807, 2.05) is 54.6 Å². The predicted molar refractivity (Wildman–Crippen MR) is 142 cm³/mol. The molecule has 0 N–H and O–H groups in total. The average Bonchev–Trinajstić information content (AvgIpc) is 3.27. The molecule has 0 radical (unpaired) electrons. The van der Waals surface area contributed by atoms with Crippen LogP contribution in [-0.2, 0) is 5.41 Å². The summed E-state index contributed by atoms with van der Waals surface area (Å²) >= 11 is 0. The molecule has 4 nitrogen and oxygen atoms in total. The van der Waals surface area contributed by atoms with Crippen molar-refractivity contribution in [1.29, 1.82) is 0 Å². The van der Waals surface area contributed by atoms with E-state index >= 15 is 0 Å². The molecular weight excluding hydrogens is 430 g/mol. The lowest BCUT2D eigenvalue weighted by Gasteiger charge is -2.18. The molecule has 0 unspecified atom stereocenters. The molecule has 4 aromatic carbocycles. The van der Waals surface area contributed by atoms with Crippen LogP contribution in [0.3, 0.4) is 0 Å². The van der Waals surface area contributed by atoms with Crippen LogP contribution in [-0.4, -0.2) is 15.0 Å². The Balaban J connectivity index is 1.54. The van der Waals surface area contributed by atoms with E-state index in [1.165, 1.54) is 0 Å². The first-order chi connectivity index (χ1) is 17.0. The summed E-state index contributed by atoms with van der Waals surface area (Å²) in [5.74, 6) is 2.14. The lowest BCUT2D eigenvalue weighted by Crippen LogP contribution is -2.18. The molecule has 6 rings (SSSR count). The standard InChI is InChI=1S/C31H25N3O/c1-31(2,3)30-33-28(20-11-5-4-6-12-20)32-29(34-30)22-14-9-13-21(19-22)23-16-10-18-26-27(23)24-15-7-8-17-25(24)35-26/h4-19H,1-3H3. The molecule has 6 aromatic rings. The van der Waals surface area contributed by atoms with Crippen molar-refractivity contribution in [3.8, 4) is 33.9 Å². The smallest absolute Gasteiger partial charge is 0.163 e. The highest BCUT2D eigenvalue weighted by Crippen LogP contribution is 2.37. The Kier molecular flexibility index (Phi) is 4.96. The van der Waals surface area contributed by atoms with Gasteiger partial charge in [0.15, 0.2) is 11.6 Å². The first-order valence-electron chi connectivity index (χ1n) is 11.8. The van der Waals surface area contributed by atoms with Crippen LogP contribution < -0.4 is 0 Å². The topological polar surface area (TPSA) is 51.8 Å². The second-order valence-corrected chi connectivity index (χ2v) is 9.78. The van der Waals surface area contributed by atoms with E-state index in [-0.39, 0.29) is 5.41 Å². The molecule has 0 spiro atoms. The molecule has 0 aliphatic carbocycles. The molecule has 0 saturated heterocycles. The van der Waals surface area contributed by atoms with Crippen molar-refractivity contribution in [3.63, 3.8) is 0 Å². The third-order valence-corrected chi connectivity index (χ3v) is 6.17. The number of aromatic nitrogens is 3. The second-order valence-electron chi connectivity index (χ2n) is 9.78. The third kappa shape index (κ3) is 3.87. The largest absolute Gasteiger partial charge is 0.456 e. The molecule has 0 aliphatic heterocycles. The highest BCUT2D eigenvalue weighted by molar-refractivity contribution is 6.12. The Hall–Kier alpha value is -4.31. The number of hydrogen-bond donors (Lipinski definition) is 0. The van der Waals surface area contributed by atoms with Gasteiger partial charge in [0, 0.05) is 27.3 Å². The van der Waals surface area contributed by atoms with Crippen molar-refractivity contribution in [2.24, 2.45) is 0 Å². The van der Waals surface area contributed by atoms with Gasteiger partial charge >= 0.3 is 0 Å². The summed E-state index contributed by atoms with van der Waals surface area (Å²) in [7, 11) is 0. The fourth-order valence-electron chi connectivity index (χ4n) is 4.40. The number of para-hydroxylation sites is 1. The molecule has 35 heavy (non-hydrogen) atoms. The minimum atomic E-state index is -0.208. The van der Waals surface area contributed by atoms with Crippen molar-refractivity contribution >= 4 is 21.9 Å². The number of fused-ring (bicyclic) bond motifs is 3. The molecular formula is C31H25N3O. The molecule has 0 bridgehead atoms. The van der Waals surface area contributed by atoms with Gasteiger partial charge in [0.05, 0.1) is 0 Å². The highest BCUT2D eigenvalue weighted by atomic mass is 16.3. The van der Waals surface area contributed by atoms with Gasteiger partial charge in [-0.1, -0.05) is 99.6 Å². The Morgan fingerprint density at radius 2 is 1.20 bits per heavy atom. The quantitative estimate of drug-likeness (QED) is 0.271. The summed E-state index contributed by atoms with van der Waals surface area (Å²) in [6, 6.07) is 32.9. The second kappa shape index (κ2) is 8.17. The van der Waals surface area contributed by atoms with Crippen LogP contribution >= 0.6 is 0 Å². The summed E-state index contributed by atoms with van der Waals surface area (Å²) < 4.78 is 6.11. The SMILES string of the molecule is CC(C)(C)c1nc(-c2ccccc2)nc(-c2cccc(-c3cccc4oc5ccccc5c34)c2)n1. The average molecular weight is 456 g/mol. The maximum Gasteiger partial charge on any atom is 0.163 e. The summed E-state index contributed by atoms with van der Waals surface area (Å²) in [6.07, 6.45) is 0. The highest BCUT2D eigenvalue weighted by Gasteiger charge is 2.21. The van der Waals surface area contributed by atoms with Crippen LogP contribution in [0, 0.1) is 0 Å². The first kappa shape index (κ1) is 21.2. The molecule has 170 valence electrons. The number of nitrogens with zero attached hydrogens (tertiary/aromatic N) is 3. The Labute approximate surface area is 204 Å². The summed E-state index contributed by atoms with van der Waals surface area (Å²) in [6.45, 7) is 6.38. The molecule has 0 atom stereocenters. The van der Waals surface area contributed by atoms with Crippen LogP contribution in [0.15, 0.2) is 101 Å². The Morgan fingerprint density at radius 1 is 0.571 bits per heavy atom. The van der Waals surface area contributed by atoms with E-state index in [4.69, 9.17) is 19.4 Å². The van der Waals surface area contributed by atoms with Crippen molar-refractivity contribution in [2.45, 2.75) is 26.2 Å². The van der Waals surface area contributed by atoms with E-state index in [0.717, 1.165) is 50.0 Å². The van der Waals surface area contributed by atoms with Crippen LogP contribution in [0.1, 0.15) is 26.6 Å². The van der Waals surface area contributed by atoms with E-state index in [0.29, 0.717) is 11.6 Å². The van der Waals surface area contributed by atoms with Gasteiger partial charge in [-0.3, -0.25) is 0 Å². The summed E-state index contributed by atoms with van der Waals surface area (Å²) in [5, 5.41) is 2.24. The van der Waals surface area contributed by atoms with Crippen LogP contribution in [0.2, 0.25) is 0 Å². The van der Waals surface area contributed by atoms with E-state index in [2.05, 4.69) is 63.2 Å². The van der Waals surface area contributed by atoms with Gasteiger partial charge < -0.3 is 4.42 Å². The number of furan rings is 1. The molecule has 0 amide bonds. The number of benzene rings is 4. The number of rotatable bonds is 3. The van der Waals surface area contributed by atoms with E-state index < -0.39 is 0 Å². The summed E-state index contributed by atoms with van der Waals surface area (Å²) in [4.78, 5) is 14.6. The summed E-state index contributed by atoms with van der Waals surface area (Å²) in [5.41, 5.74) is 5.73.